The van der Waals surface area contributed by atoms with Crippen LogP contribution in [0.1, 0.15) is 24.5 Å². The van der Waals surface area contributed by atoms with Crippen molar-refractivity contribution in [1.82, 2.24) is 4.72 Å². The SMILES string of the molecule is CCCNS(=O)(=O)Nc1cc(C#CCO)ccc1C. The number of aliphatic hydroxyl groups excluding tert-OH is 1. The summed E-state index contributed by atoms with van der Waals surface area (Å²) in [6, 6.07) is 5.19. The van der Waals surface area contributed by atoms with Crippen LogP contribution in [0.2, 0.25) is 0 Å². The van der Waals surface area contributed by atoms with Crippen molar-refractivity contribution in [3.05, 3.63) is 29.3 Å². The largest absolute Gasteiger partial charge is 0.384 e. The number of aliphatic hydroxyl groups is 1. The summed E-state index contributed by atoms with van der Waals surface area (Å²) in [4.78, 5) is 0. The molecule has 0 saturated heterocycles. The Bertz CT molecular complexity index is 586. The first kappa shape index (κ1) is 15.5. The molecule has 0 radical (unpaired) electrons. The summed E-state index contributed by atoms with van der Waals surface area (Å²) in [5, 5.41) is 8.64. The molecule has 6 heteroatoms. The van der Waals surface area contributed by atoms with E-state index in [1.54, 1.807) is 25.1 Å². The molecule has 1 rings (SSSR count). The van der Waals surface area contributed by atoms with Crippen LogP contribution in [0.5, 0.6) is 0 Å². The molecule has 0 amide bonds. The molecule has 0 atom stereocenters. The monoisotopic (exact) mass is 282 g/mol. The molecule has 0 saturated carbocycles. The van der Waals surface area contributed by atoms with Gasteiger partial charge in [-0.15, -0.1) is 0 Å². The standard InChI is InChI=1S/C13H18N2O3S/c1-3-8-14-19(17,18)15-13-10-12(5-4-9-16)7-6-11(13)2/h6-7,10,14-16H,3,8-9H2,1-2H3. The van der Waals surface area contributed by atoms with Crippen molar-refractivity contribution in [2.45, 2.75) is 20.3 Å². The Hall–Kier alpha value is -1.55. The minimum Gasteiger partial charge on any atom is -0.384 e. The van der Waals surface area contributed by atoms with Crippen LogP contribution >= 0.6 is 0 Å². The minimum absolute atomic E-state index is 0.229. The second-order valence-electron chi connectivity index (χ2n) is 3.99. The summed E-state index contributed by atoms with van der Waals surface area (Å²) in [5.41, 5.74) is 1.93. The van der Waals surface area contributed by atoms with E-state index in [-0.39, 0.29) is 6.61 Å². The predicted octanol–water partition coefficient (Wildman–Crippen LogP) is 0.995. The van der Waals surface area contributed by atoms with Crippen molar-refractivity contribution >= 4 is 15.9 Å². The van der Waals surface area contributed by atoms with Gasteiger partial charge in [0.15, 0.2) is 0 Å². The second-order valence-corrected chi connectivity index (χ2v) is 5.49. The highest BCUT2D eigenvalue weighted by molar-refractivity contribution is 7.90. The van der Waals surface area contributed by atoms with Crippen molar-refractivity contribution in [2.24, 2.45) is 0 Å². The van der Waals surface area contributed by atoms with Crippen LogP contribution in [0.15, 0.2) is 18.2 Å². The van der Waals surface area contributed by atoms with Crippen LogP contribution in [0.25, 0.3) is 0 Å². The highest BCUT2D eigenvalue weighted by atomic mass is 32.2. The van der Waals surface area contributed by atoms with E-state index < -0.39 is 10.2 Å². The smallest absolute Gasteiger partial charge is 0.299 e. The summed E-state index contributed by atoms with van der Waals surface area (Å²) in [7, 11) is -3.55. The molecule has 0 aliphatic heterocycles. The summed E-state index contributed by atoms with van der Waals surface area (Å²) in [5.74, 6) is 5.26. The third-order valence-electron chi connectivity index (χ3n) is 2.34. The van der Waals surface area contributed by atoms with Gasteiger partial charge in [0.25, 0.3) is 10.2 Å². The quantitative estimate of drug-likeness (QED) is 0.705. The van der Waals surface area contributed by atoms with Crippen molar-refractivity contribution in [1.29, 1.82) is 0 Å². The van der Waals surface area contributed by atoms with Gasteiger partial charge in [0.2, 0.25) is 0 Å². The van der Waals surface area contributed by atoms with Gasteiger partial charge in [0.05, 0.1) is 5.69 Å². The molecule has 0 aromatic heterocycles. The Balaban J connectivity index is 2.94. The molecule has 0 spiro atoms. The van der Waals surface area contributed by atoms with Gasteiger partial charge in [-0.25, -0.2) is 0 Å². The molecule has 1 aromatic rings. The molecule has 0 aliphatic carbocycles. The number of hydrogen-bond acceptors (Lipinski definition) is 3. The van der Waals surface area contributed by atoms with E-state index in [4.69, 9.17) is 5.11 Å². The number of rotatable bonds is 5. The lowest BCUT2D eigenvalue weighted by molar-refractivity contribution is 0.350. The van der Waals surface area contributed by atoms with Gasteiger partial charge in [-0.3, -0.25) is 4.72 Å². The fourth-order valence-corrected chi connectivity index (χ4v) is 2.42. The zero-order valence-electron chi connectivity index (χ0n) is 11.0. The van der Waals surface area contributed by atoms with Gasteiger partial charge in [0, 0.05) is 12.1 Å². The van der Waals surface area contributed by atoms with Crippen LogP contribution in [0, 0.1) is 18.8 Å². The molecule has 0 heterocycles. The lowest BCUT2D eigenvalue weighted by Gasteiger charge is -2.11. The van der Waals surface area contributed by atoms with E-state index in [2.05, 4.69) is 21.3 Å². The zero-order valence-corrected chi connectivity index (χ0v) is 11.8. The molecule has 19 heavy (non-hydrogen) atoms. The molecule has 0 aliphatic rings. The van der Waals surface area contributed by atoms with Gasteiger partial charge in [-0.05, 0) is 31.0 Å². The van der Waals surface area contributed by atoms with Crippen LogP contribution < -0.4 is 9.44 Å². The Morgan fingerprint density at radius 2 is 2.11 bits per heavy atom. The van der Waals surface area contributed by atoms with E-state index in [9.17, 15) is 8.42 Å². The van der Waals surface area contributed by atoms with Crippen molar-refractivity contribution in [3.8, 4) is 11.8 Å². The molecule has 5 nitrogen and oxygen atoms in total. The molecule has 104 valence electrons. The highest BCUT2D eigenvalue weighted by Crippen LogP contribution is 2.17. The molecule has 3 N–H and O–H groups in total. The highest BCUT2D eigenvalue weighted by Gasteiger charge is 2.10. The zero-order chi connectivity index (χ0) is 14.3. The Morgan fingerprint density at radius 3 is 2.74 bits per heavy atom. The van der Waals surface area contributed by atoms with E-state index in [1.807, 2.05) is 6.92 Å². The second kappa shape index (κ2) is 7.14. The number of aryl methyl sites for hydroxylation is 1. The molecule has 1 aromatic carbocycles. The topological polar surface area (TPSA) is 78.4 Å². The maximum absolute atomic E-state index is 11.7. The first-order valence-electron chi connectivity index (χ1n) is 5.96. The minimum atomic E-state index is -3.55. The number of nitrogens with one attached hydrogen (secondary N) is 2. The van der Waals surface area contributed by atoms with Gasteiger partial charge < -0.3 is 5.11 Å². The van der Waals surface area contributed by atoms with Crippen molar-refractivity contribution < 1.29 is 13.5 Å². The predicted molar refractivity (Wildman–Crippen MR) is 76.0 cm³/mol. The van der Waals surface area contributed by atoms with E-state index in [1.165, 1.54) is 0 Å². The molecule has 0 fully saturated rings. The lowest BCUT2D eigenvalue weighted by Crippen LogP contribution is -2.30. The van der Waals surface area contributed by atoms with Gasteiger partial charge in [0.1, 0.15) is 6.61 Å². The number of benzene rings is 1. The first-order chi connectivity index (χ1) is 8.98. The maximum atomic E-state index is 11.7. The molecule has 0 unspecified atom stereocenters. The number of hydrogen-bond donors (Lipinski definition) is 3. The first-order valence-corrected chi connectivity index (χ1v) is 7.44. The Labute approximate surface area is 114 Å². The molecule has 0 bridgehead atoms. The van der Waals surface area contributed by atoms with Crippen LogP contribution in [0.3, 0.4) is 0 Å². The fourth-order valence-electron chi connectivity index (χ4n) is 1.37. The van der Waals surface area contributed by atoms with E-state index in [0.717, 1.165) is 12.0 Å². The molecular formula is C13H18N2O3S. The fraction of sp³-hybridized carbons (Fsp3) is 0.385. The normalized spacial score (nSPS) is 10.7. The maximum Gasteiger partial charge on any atom is 0.299 e. The van der Waals surface area contributed by atoms with Gasteiger partial charge >= 0.3 is 0 Å². The van der Waals surface area contributed by atoms with Crippen molar-refractivity contribution in [3.63, 3.8) is 0 Å². The lowest BCUT2D eigenvalue weighted by atomic mass is 10.1. The third-order valence-corrected chi connectivity index (χ3v) is 3.41. The number of anilines is 1. The third kappa shape index (κ3) is 5.30. The van der Waals surface area contributed by atoms with Crippen LogP contribution in [-0.4, -0.2) is 26.7 Å². The van der Waals surface area contributed by atoms with Crippen molar-refractivity contribution in [2.75, 3.05) is 17.9 Å². The summed E-state index contributed by atoms with van der Waals surface area (Å²) < 4.78 is 28.4. The summed E-state index contributed by atoms with van der Waals surface area (Å²) in [6.07, 6.45) is 0.724. The van der Waals surface area contributed by atoms with Crippen LogP contribution in [-0.2, 0) is 10.2 Å². The average molecular weight is 282 g/mol. The van der Waals surface area contributed by atoms with Gasteiger partial charge in [-0.1, -0.05) is 24.8 Å². The summed E-state index contributed by atoms with van der Waals surface area (Å²) in [6.45, 7) is 3.85. The molecular weight excluding hydrogens is 264 g/mol. The average Bonchev–Trinajstić information content (AvgIpc) is 2.37. The Kier molecular flexibility index (Phi) is 5.83. The van der Waals surface area contributed by atoms with E-state index >= 15 is 0 Å². The summed E-state index contributed by atoms with van der Waals surface area (Å²) >= 11 is 0. The Morgan fingerprint density at radius 1 is 1.37 bits per heavy atom. The van der Waals surface area contributed by atoms with E-state index in [0.29, 0.717) is 17.8 Å². The van der Waals surface area contributed by atoms with Gasteiger partial charge in [-0.2, -0.15) is 13.1 Å². The van der Waals surface area contributed by atoms with Crippen LogP contribution in [0.4, 0.5) is 5.69 Å².